The third-order valence-corrected chi connectivity index (χ3v) is 4.21. The Kier molecular flexibility index (Phi) is 5.31. The fraction of sp³-hybridized carbons (Fsp3) is 0.889. The number of aliphatic carboxylic acids is 1. The summed E-state index contributed by atoms with van der Waals surface area (Å²) in [5.41, 5.74) is 0. The van der Waals surface area contributed by atoms with Crippen molar-refractivity contribution in [2.75, 3.05) is 26.2 Å². The van der Waals surface area contributed by atoms with Crippen molar-refractivity contribution in [3.63, 3.8) is 0 Å². The van der Waals surface area contributed by atoms with E-state index in [2.05, 4.69) is 4.72 Å². The highest BCUT2D eigenvalue weighted by Gasteiger charge is 2.27. The Balaban J connectivity index is 2.38. The lowest BCUT2D eigenvalue weighted by Gasteiger charge is -2.30. The molecule has 0 aromatic rings. The first-order valence-electron chi connectivity index (χ1n) is 5.54. The van der Waals surface area contributed by atoms with E-state index in [1.807, 2.05) is 0 Å². The molecule has 0 aromatic heterocycles. The molecule has 0 amide bonds. The van der Waals surface area contributed by atoms with E-state index < -0.39 is 16.2 Å². The lowest BCUT2D eigenvalue weighted by molar-refractivity contribution is -0.145. The molecule has 0 spiro atoms. The number of carboxylic acid groups (broad SMARTS) is 1. The lowest BCUT2D eigenvalue weighted by atomic mass is 10.1. The molecule has 2 N–H and O–H groups in total. The van der Waals surface area contributed by atoms with Gasteiger partial charge in [-0.1, -0.05) is 6.92 Å². The van der Waals surface area contributed by atoms with Crippen molar-refractivity contribution in [3.05, 3.63) is 0 Å². The van der Waals surface area contributed by atoms with Crippen molar-refractivity contribution in [3.8, 4) is 0 Å². The third kappa shape index (κ3) is 4.58. The summed E-state index contributed by atoms with van der Waals surface area (Å²) in [6.07, 6.45) is 0.884. The van der Waals surface area contributed by atoms with Crippen molar-refractivity contribution in [2.45, 2.75) is 25.9 Å². The quantitative estimate of drug-likeness (QED) is 0.669. The van der Waals surface area contributed by atoms with Crippen molar-refractivity contribution in [2.24, 2.45) is 0 Å². The molecule has 0 bridgehead atoms. The summed E-state index contributed by atoms with van der Waals surface area (Å²) in [4.78, 5) is 10.3. The number of hydrogen-bond donors (Lipinski definition) is 2. The fourth-order valence-electron chi connectivity index (χ4n) is 1.70. The molecule has 1 heterocycles. The van der Waals surface area contributed by atoms with Crippen LogP contribution in [0.15, 0.2) is 0 Å². The Bertz CT molecular complexity index is 348. The number of rotatable bonds is 6. The molecular formula is C9H18N2O5S. The molecule has 0 saturated carbocycles. The van der Waals surface area contributed by atoms with E-state index in [4.69, 9.17) is 9.84 Å². The maximum Gasteiger partial charge on any atom is 0.329 e. The summed E-state index contributed by atoms with van der Waals surface area (Å²) in [6, 6.07) is 0. The van der Waals surface area contributed by atoms with Crippen LogP contribution in [0.25, 0.3) is 0 Å². The number of piperidine rings is 1. The molecule has 1 fully saturated rings. The summed E-state index contributed by atoms with van der Waals surface area (Å²) >= 11 is 0. The highest BCUT2D eigenvalue weighted by atomic mass is 32.2. The highest BCUT2D eigenvalue weighted by Crippen LogP contribution is 2.15. The normalized spacial score (nSPS) is 19.4. The molecule has 0 aromatic carbocycles. The van der Waals surface area contributed by atoms with Crippen LogP contribution in [0, 0.1) is 0 Å². The van der Waals surface area contributed by atoms with Gasteiger partial charge < -0.3 is 9.84 Å². The van der Waals surface area contributed by atoms with Crippen LogP contribution in [-0.4, -0.2) is 56.1 Å². The van der Waals surface area contributed by atoms with Crippen LogP contribution in [-0.2, 0) is 19.7 Å². The van der Waals surface area contributed by atoms with Crippen LogP contribution in [0.4, 0.5) is 0 Å². The first-order chi connectivity index (χ1) is 7.95. The second-order valence-corrected chi connectivity index (χ2v) is 5.56. The Morgan fingerprint density at radius 1 is 1.47 bits per heavy atom. The zero-order chi connectivity index (χ0) is 12.9. The summed E-state index contributed by atoms with van der Waals surface area (Å²) < 4.78 is 32.2. The van der Waals surface area contributed by atoms with Crippen LogP contribution in [0.5, 0.6) is 0 Å². The van der Waals surface area contributed by atoms with E-state index in [-0.39, 0.29) is 12.7 Å². The molecule has 1 rings (SSSR count). The van der Waals surface area contributed by atoms with E-state index in [0.29, 0.717) is 32.5 Å². The van der Waals surface area contributed by atoms with Gasteiger partial charge in [0, 0.05) is 19.6 Å². The number of nitrogens with zero attached hydrogens (tertiary/aromatic N) is 1. The van der Waals surface area contributed by atoms with Crippen molar-refractivity contribution in [1.82, 2.24) is 9.03 Å². The molecule has 100 valence electrons. The van der Waals surface area contributed by atoms with Gasteiger partial charge in [-0.25, -0.2) is 9.52 Å². The standard InChI is InChI=1S/C9H18N2O5S/c1-2-10-17(14,15)11-5-3-8(4-6-11)16-7-9(12)13/h8,10H,2-7H2,1H3,(H,12,13). The molecule has 7 nitrogen and oxygen atoms in total. The van der Waals surface area contributed by atoms with Gasteiger partial charge in [0.25, 0.3) is 10.2 Å². The van der Waals surface area contributed by atoms with Crippen LogP contribution < -0.4 is 4.72 Å². The SMILES string of the molecule is CCNS(=O)(=O)N1CCC(OCC(=O)O)CC1. The minimum atomic E-state index is -3.38. The van der Waals surface area contributed by atoms with Crippen molar-refractivity contribution < 1.29 is 23.1 Å². The monoisotopic (exact) mass is 266 g/mol. The second-order valence-electron chi connectivity index (χ2n) is 3.81. The average molecular weight is 266 g/mol. The Morgan fingerprint density at radius 3 is 2.53 bits per heavy atom. The van der Waals surface area contributed by atoms with Gasteiger partial charge in [-0.05, 0) is 12.8 Å². The van der Waals surface area contributed by atoms with E-state index in [0.717, 1.165) is 0 Å². The minimum absolute atomic E-state index is 0.167. The first-order valence-corrected chi connectivity index (χ1v) is 6.98. The predicted molar refractivity (Wildman–Crippen MR) is 60.8 cm³/mol. The number of hydrogen-bond acceptors (Lipinski definition) is 4. The zero-order valence-corrected chi connectivity index (χ0v) is 10.6. The molecule has 0 unspecified atom stereocenters. The molecule has 8 heteroatoms. The van der Waals surface area contributed by atoms with E-state index in [9.17, 15) is 13.2 Å². The second kappa shape index (κ2) is 6.29. The van der Waals surface area contributed by atoms with Crippen LogP contribution >= 0.6 is 0 Å². The Hall–Kier alpha value is -0.700. The van der Waals surface area contributed by atoms with Gasteiger partial charge in [-0.15, -0.1) is 0 Å². The lowest BCUT2D eigenvalue weighted by Crippen LogP contribution is -2.46. The number of ether oxygens (including phenoxy) is 1. The number of nitrogens with one attached hydrogen (secondary N) is 1. The third-order valence-electron chi connectivity index (χ3n) is 2.51. The topological polar surface area (TPSA) is 95.9 Å². The molecule has 17 heavy (non-hydrogen) atoms. The fourth-order valence-corrected chi connectivity index (χ4v) is 2.94. The van der Waals surface area contributed by atoms with Crippen molar-refractivity contribution >= 4 is 16.2 Å². The van der Waals surface area contributed by atoms with E-state index in [1.165, 1.54) is 4.31 Å². The van der Waals surface area contributed by atoms with Gasteiger partial charge in [-0.2, -0.15) is 12.7 Å². The number of carbonyl (C=O) groups is 1. The molecular weight excluding hydrogens is 248 g/mol. The van der Waals surface area contributed by atoms with Gasteiger partial charge in [0.1, 0.15) is 6.61 Å². The summed E-state index contributed by atoms with van der Waals surface area (Å²) in [5.74, 6) is -1.01. The van der Waals surface area contributed by atoms with E-state index in [1.54, 1.807) is 6.92 Å². The summed E-state index contributed by atoms with van der Waals surface area (Å²) in [7, 11) is -3.38. The highest BCUT2D eigenvalue weighted by molar-refractivity contribution is 7.87. The molecule has 0 aliphatic carbocycles. The minimum Gasteiger partial charge on any atom is -0.480 e. The number of carboxylic acids is 1. The van der Waals surface area contributed by atoms with Crippen LogP contribution in [0.1, 0.15) is 19.8 Å². The molecule has 0 atom stereocenters. The maximum absolute atomic E-state index is 11.6. The first kappa shape index (κ1) is 14.4. The van der Waals surface area contributed by atoms with Crippen molar-refractivity contribution in [1.29, 1.82) is 0 Å². The van der Waals surface area contributed by atoms with Crippen LogP contribution in [0.2, 0.25) is 0 Å². The Morgan fingerprint density at radius 2 is 2.06 bits per heavy atom. The molecule has 0 radical (unpaired) electrons. The Labute approximate surface area is 101 Å². The van der Waals surface area contributed by atoms with Gasteiger partial charge in [-0.3, -0.25) is 0 Å². The van der Waals surface area contributed by atoms with E-state index >= 15 is 0 Å². The van der Waals surface area contributed by atoms with Gasteiger partial charge in [0.05, 0.1) is 6.10 Å². The largest absolute Gasteiger partial charge is 0.480 e. The van der Waals surface area contributed by atoms with Crippen LogP contribution in [0.3, 0.4) is 0 Å². The smallest absolute Gasteiger partial charge is 0.329 e. The van der Waals surface area contributed by atoms with Gasteiger partial charge in [0.15, 0.2) is 0 Å². The van der Waals surface area contributed by atoms with Gasteiger partial charge in [0.2, 0.25) is 0 Å². The maximum atomic E-state index is 11.6. The molecule has 1 saturated heterocycles. The van der Waals surface area contributed by atoms with Gasteiger partial charge >= 0.3 is 5.97 Å². The summed E-state index contributed by atoms with van der Waals surface area (Å²) in [5, 5.41) is 8.45. The zero-order valence-electron chi connectivity index (χ0n) is 9.76. The summed E-state index contributed by atoms with van der Waals surface area (Å²) in [6.45, 7) is 2.47. The molecule has 1 aliphatic heterocycles. The average Bonchev–Trinajstić information content (AvgIpc) is 2.27. The predicted octanol–water partition coefficient (Wildman–Crippen LogP) is -0.594. The molecule has 1 aliphatic rings.